The van der Waals surface area contributed by atoms with E-state index in [0.717, 1.165) is 36.8 Å². The Balaban J connectivity index is 2.52. The zero-order valence-corrected chi connectivity index (χ0v) is 11.9. The minimum atomic E-state index is 0.376. The summed E-state index contributed by atoms with van der Waals surface area (Å²) in [6.45, 7) is 6.78. The summed E-state index contributed by atoms with van der Waals surface area (Å²) in [6.07, 6.45) is 1.10. The van der Waals surface area contributed by atoms with Crippen LogP contribution in [-0.2, 0) is 11.3 Å². The summed E-state index contributed by atoms with van der Waals surface area (Å²) in [5.74, 6) is 0. The van der Waals surface area contributed by atoms with Gasteiger partial charge in [-0.1, -0.05) is 11.4 Å². The van der Waals surface area contributed by atoms with Gasteiger partial charge in [0.15, 0.2) is 0 Å². The van der Waals surface area contributed by atoms with Gasteiger partial charge in [-0.3, -0.25) is 4.90 Å². The molecule has 1 atom stereocenters. The van der Waals surface area contributed by atoms with Crippen LogP contribution >= 0.6 is 11.5 Å². The van der Waals surface area contributed by atoms with Gasteiger partial charge in [-0.25, -0.2) is 0 Å². The molecule has 0 spiro atoms. The largest absolute Gasteiger partial charge is 0.383 e. The fraction of sp³-hybridized carbons (Fsp3) is 0.818. The molecular formula is C11H22N4OS. The van der Waals surface area contributed by atoms with E-state index in [9.17, 15) is 0 Å². The van der Waals surface area contributed by atoms with Gasteiger partial charge in [0.05, 0.1) is 6.61 Å². The second kappa shape index (κ2) is 7.58. The predicted molar refractivity (Wildman–Crippen MR) is 71.5 cm³/mol. The van der Waals surface area contributed by atoms with E-state index in [1.165, 1.54) is 11.5 Å². The lowest BCUT2D eigenvalue weighted by Gasteiger charge is -2.23. The summed E-state index contributed by atoms with van der Waals surface area (Å²) in [4.78, 5) is 2.22. The normalized spacial score (nSPS) is 13.0. The zero-order valence-electron chi connectivity index (χ0n) is 11.1. The molecule has 1 unspecified atom stereocenters. The van der Waals surface area contributed by atoms with Crippen molar-refractivity contribution in [2.24, 2.45) is 0 Å². The first-order valence-electron chi connectivity index (χ1n) is 5.93. The number of likely N-dealkylation sites (N-methyl/N-ethyl adjacent to an activating group) is 1. The molecule has 98 valence electrons. The van der Waals surface area contributed by atoms with Crippen molar-refractivity contribution in [1.29, 1.82) is 0 Å². The van der Waals surface area contributed by atoms with Gasteiger partial charge in [0.25, 0.3) is 0 Å². The lowest BCUT2D eigenvalue weighted by molar-refractivity contribution is 0.111. The molecule has 1 aromatic heterocycles. The van der Waals surface area contributed by atoms with Crippen molar-refractivity contribution >= 4 is 16.5 Å². The van der Waals surface area contributed by atoms with E-state index in [2.05, 4.69) is 40.7 Å². The standard InChI is InChI=1S/C11H22N4OS/c1-5-6-12-11-10(13-14-17-11)7-15(3)9(2)8-16-4/h9,12H,5-8H2,1-4H3. The molecule has 6 heteroatoms. The van der Waals surface area contributed by atoms with Gasteiger partial charge < -0.3 is 10.1 Å². The number of aromatic nitrogens is 2. The highest BCUT2D eigenvalue weighted by atomic mass is 32.1. The number of methoxy groups -OCH3 is 1. The van der Waals surface area contributed by atoms with Crippen LogP contribution in [0, 0.1) is 0 Å². The Labute approximate surface area is 107 Å². The van der Waals surface area contributed by atoms with E-state index in [0.29, 0.717) is 6.04 Å². The molecule has 0 saturated heterocycles. The van der Waals surface area contributed by atoms with Crippen LogP contribution in [0.3, 0.4) is 0 Å². The number of nitrogens with zero attached hydrogens (tertiary/aromatic N) is 3. The third-order valence-electron chi connectivity index (χ3n) is 2.65. The van der Waals surface area contributed by atoms with Crippen molar-refractivity contribution < 1.29 is 4.74 Å². The minimum absolute atomic E-state index is 0.376. The number of rotatable bonds is 8. The van der Waals surface area contributed by atoms with Gasteiger partial charge in [-0.05, 0) is 20.4 Å². The predicted octanol–water partition coefficient (Wildman–Crippen LogP) is 1.83. The molecule has 0 bridgehead atoms. The minimum Gasteiger partial charge on any atom is -0.383 e. The molecule has 0 fully saturated rings. The third-order valence-corrected chi connectivity index (χ3v) is 3.38. The summed E-state index contributed by atoms with van der Waals surface area (Å²) in [6, 6.07) is 0.376. The van der Waals surface area contributed by atoms with Gasteiger partial charge in [-0.15, -0.1) is 5.10 Å². The topological polar surface area (TPSA) is 50.3 Å². The molecule has 1 N–H and O–H groups in total. The summed E-state index contributed by atoms with van der Waals surface area (Å²) < 4.78 is 9.15. The van der Waals surface area contributed by atoms with Crippen molar-refractivity contribution in [3.05, 3.63) is 5.69 Å². The molecule has 1 rings (SSSR count). The quantitative estimate of drug-likeness (QED) is 0.771. The molecule has 0 radical (unpaired) electrons. The van der Waals surface area contributed by atoms with Crippen LogP contribution in [0.4, 0.5) is 5.00 Å². The van der Waals surface area contributed by atoms with E-state index in [1.54, 1.807) is 7.11 Å². The second-order valence-electron chi connectivity index (χ2n) is 4.20. The lowest BCUT2D eigenvalue weighted by atomic mass is 10.3. The lowest BCUT2D eigenvalue weighted by Crippen LogP contribution is -2.32. The average molecular weight is 258 g/mol. The maximum atomic E-state index is 5.15. The Morgan fingerprint density at radius 2 is 2.29 bits per heavy atom. The van der Waals surface area contributed by atoms with Crippen LogP contribution in [0.2, 0.25) is 0 Å². The Kier molecular flexibility index (Phi) is 6.39. The van der Waals surface area contributed by atoms with Crippen LogP contribution in [-0.4, -0.2) is 47.8 Å². The van der Waals surface area contributed by atoms with Crippen molar-refractivity contribution in [2.45, 2.75) is 32.9 Å². The molecule has 0 aliphatic heterocycles. The van der Waals surface area contributed by atoms with Crippen LogP contribution < -0.4 is 5.32 Å². The van der Waals surface area contributed by atoms with E-state index < -0.39 is 0 Å². The monoisotopic (exact) mass is 258 g/mol. The summed E-state index contributed by atoms with van der Waals surface area (Å²) in [7, 11) is 3.80. The first-order chi connectivity index (χ1) is 8.19. The van der Waals surface area contributed by atoms with E-state index in [-0.39, 0.29) is 0 Å². The van der Waals surface area contributed by atoms with Gasteiger partial charge >= 0.3 is 0 Å². The number of nitrogens with one attached hydrogen (secondary N) is 1. The Morgan fingerprint density at radius 3 is 2.94 bits per heavy atom. The van der Waals surface area contributed by atoms with Crippen molar-refractivity contribution in [1.82, 2.24) is 14.5 Å². The first-order valence-corrected chi connectivity index (χ1v) is 6.70. The van der Waals surface area contributed by atoms with Gasteiger partial charge in [-0.2, -0.15) is 0 Å². The number of hydrogen-bond acceptors (Lipinski definition) is 6. The molecule has 0 saturated carbocycles. The summed E-state index contributed by atoms with van der Waals surface area (Å²) >= 11 is 1.43. The highest BCUT2D eigenvalue weighted by Gasteiger charge is 2.14. The first kappa shape index (κ1) is 14.3. The Bertz CT molecular complexity index is 318. The Hall–Kier alpha value is -0.720. The summed E-state index contributed by atoms with van der Waals surface area (Å²) in [5, 5.41) is 8.62. The van der Waals surface area contributed by atoms with Crippen LogP contribution in [0.5, 0.6) is 0 Å². The van der Waals surface area contributed by atoms with E-state index in [4.69, 9.17) is 4.74 Å². The van der Waals surface area contributed by atoms with Crippen LogP contribution in [0.15, 0.2) is 0 Å². The molecule has 0 amide bonds. The van der Waals surface area contributed by atoms with Crippen molar-refractivity contribution in [2.75, 3.05) is 32.6 Å². The maximum Gasteiger partial charge on any atom is 0.134 e. The molecule has 0 aromatic carbocycles. The molecule has 1 heterocycles. The van der Waals surface area contributed by atoms with Crippen molar-refractivity contribution in [3.8, 4) is 0 Å². The fourth-order valence-electron chi connectivity index (χ4n) is 1.45. The van der Waals surface area contributed by atoms with Crippen LogP contribution in [0.25, 0.3) is 0 Å². The number of hydrogen-bond donors (Lipinski definition) is 1. The number of ether oxygens (including phenoxy) is 1. The molecule has 5 nitrogen and oxygen atoms in total. The fourth-order valence-corrected chi connectivity index (χ4v) is 2.04. The Morgan fingerprint density at radius 1 is 1.53 bits per heavy atom. The van der Waals surface area contributed by atoms with Gasteiger partial charge in [0.1, 0.15) is 10.7 Å². The highest BCUT2D eigenvalue weighted by Crippen LogP contribution is 2.19. The number of anilines is 1. The smallest absolute Gasteiger partial charge is 0.134 e. The van der Waals surface area contributed by atoms with E-state index in [1.807, 2.05) is 0 Å². The van der Waals surface area contributed by atoms with Gasteiger partial charge in [0.2, 0.25) is 0 Å². The molecule has 17 heavy (non-hydrogen) atoms. The summed E-state index contributed by atoms with van der Waals surface area (Å²) in [5.41, 5.74) is 1.02. The molecule has 0 aliphatic rings. The van der Waals surface area contributed by atoms with Crippen LogP contribution in [0.1, 0.15) is 26.0 Å². The molecule has 1 aromatic rings. The van der Waals surface area contributed by atoms with Crippen molar-refractivity contribution in [3.63, 3.8) is 0 Å². The maximum absolute atomic E-state index is 5.15. The van der Waals surface area contributed by atoms with E-state index >= 15 is 0 Å². The van der Waals surface area contributed by atoms with Gasteiger partial charge in [0, 0.05) is 37.8 Å². The second-order valence-corrected chi connectivity index (χ2v) is 4.95. The highest BCUT2D eigenvalue weighted by molar-refractivity contribution is 7.10. The molecular weight excluding hydrogens is 236 g/mol. The average Bonchev–Trinajstić information content (AvgIpc) is 2.74. The zero-order chi connectivity index (χ0) is 12.7. The third kappa shape index (κ3) is 4.57. The molecule has 0 aliphatic carbocycles. The SMILES string of the molecule is CCCNc1snnc1CN(C)C(C)COC.